The van der Waals surface area contributed by atoms with Gasteiger partial charge in [-0.25, -0.2) is 0 Å². The van der Waals surface area contributed by atoms with Crippen LogP contribution < -0.4 is 0 Å². The number of benzene rings is 1. The summed E-state index contributed by atoms with van der Waals surface area (Å²) in [5, 5.41) is 9.45. The first-order valence-electron chi connectivity index (χ1n) is 6.00. The molecule has 1 aliphatic heterocycles. The molecule has 1 saturated heterocycles. The molecule has 17 heavy (non-hydrogen) atoms. The van der Waals surface area contributed by atoms with Gasteiger partial charge in [0, 0.05) is 19.6 Å². The van der Waals surface area contributed by atoms with Gasteiger partial charge >= 0.3 is 0 Å². The Balaban J connectivity index is 1.97. The first-order valence-corrected chi connectivity index (χ1v) is 6.79. The molecule has 1 unspecified atom stereocenters. The van der Waals surface area contributed by atoms with E-state index in [1.54, 1.807) is 6.07 Å². The lowest BCUT2D eigenvalue weighted by molar-refractivity contribution is -0.0324. The molecular formula is C13H18BrNO2. The van der Waals surface area contributed by atoms with E-state index < -0.39 is 0 Å². The SMILES string of the molecule is CCC1CN(Cc2ccc(O)c(Br)c2)CCO1. The van der Waals surface area contributed by atoms with Gasteiger partial charge in [0.1, 0.15) is 5.75 Å². The minimum absolute atomic E-state index is 0.294. The van der Waals surface area contributed by atoms with E-state index in [0.717, 1.165) is 37.1 Å². The van der Waals surface area contributed by atoms with Gasteiger partial charge in [-0.05, 0) is 40.0 Å². The third-order valence-corrected chi connectivity index (χ3v) is 3.73. The van der Waals surface area contributed by atoms with Crippen molar-refractivity contribution < 1.29 is 9.84 Å². The van der Waals surface area contributed by atoms with Crippen molar-refractivity contribution in [1.82, 2.24) is 4.90 Å². The van der Waals surface area contributed by atoms with Crippen LogP contribution in [0.25, 0.3) is 0 Å². The molecule has 1 fully saturated rings. The molecule has 1 heterocycles. The number of rotatable bonds is 3. The fraction of sp³-hybridized carbons (Fsp3) is 0.538. The van der Waals surface area contributed by atoms with E-state index >= 15 is 0 Å². The molecule has 0 spiro atoms. The van der Waals surface area contributed by atoms with Crippen LogP contribution in [0.1, 0.15) is 18.9 Å². The monoisotopic (exact) mass is 299 g/mol. The smallest absolute Gasteiger partial charge is 0.129 e. The molecule has 94 valence electrons. The molecule has 1 N–H and O–H groups in total. The maximum atomic E-state index is 9.45. The Morgan fingerprint density at radius 1 is 1.53 bits per heavy atom. The third kappa shape index (κ3) is 3.44. The topological polar surface area (TPSA) is 32.7 Å². The number of phenolic OH excluding ortho intramolecular Hbond substituents is 1. The summed E-state index contributed by atoms with van der Waals surface area (Å²) in [6, 6.07) is 5.68. The van der Waals surface area contributed by atoms with Gasteiger partial charge in [0.2, 0.25) is 0 Å². The summed E-state index contributed by atoms with van der Waals surface area (Å²) in [6.45, 7) is 5.87. The Morgan fingerprint density at radius 3 is 3.06 bits per heavy atom. The van der Waals surface area contributed by atoms with Crippen molar-refractivity contribution in [2.75, 3.05) is 19.7 Å². The predicted octanol–water partition coefficient (Wildman–Crippen LogP) is 2.77. The second kappa shape index (κ2) is 5.85. The summed E-state index contributed by atoms with van der Waals surface area (Å²) >= 11 is 3.34. The molecule has 0 saturated carbocycles. The molecule has 1 atom stereocenters. The maximum absolute atomic E-state index is 9.45. The number of phenols is 1. The van der Waals surface area contributed by atoms with Crippen LogP contribution in [0.15, 0.2) is 22.7 Å². The van der Waals surface area contributed by atoms with Gasteiger partial charge in [-0.3, -0.25) is 4.90 Å². The Morgan fingerprint density at radius 2 is 2.35 bits per heavy atom. The standard InChI is InChI=1S/C13H18BrNO2/c1-2-11-9-15(5-6-17-11)8-10-3-4-13(16)12(14)7-10/h3-4,7,11,16H,2,5-6,8-9H2,1H3. The molecule has 4 heteroatoms. The summed E-state index contributed by atoms with van der Waals surface area (Å²) in [6.07, 6.45) is 1.43. The highest BCUT2D eigenvalue weighted by Gasteiger charge is 2.18. The number of hydrogen-bond acceptors (Lipinski definition) is 3. The van der Waals surface area contributed by atoms with Crippen LogP contribution in [-0.4, -0.2) is 35.8 Å². The fourth-order valence-corrected chi connectivity index (χ4v) is 2.50. The number of aromatic hydroxyl groups is 1. The van der Waals surface area contributed by atoms with Crippen LogP contribution in [0, 0.1) is 0 Å². The van der Waals surface area contributed by atoms with Crippen molar-refractivity contribution in [3.63, 3.8) is 0 Å². The van der Waals surface area contributed by atoms with E-state index in [2.05, 4.69) is 27.8 Å². The van der Waals surface area contributed by atoms with E-state index in [1.807, 2.05) is 12.1 Å². The van der Waals surface area contributed by atoms with Crippen LogP contribution in [0.4, 0.5) is 0 Å². The molecule has 0 bridgehead atoms. The van der Waals surface area contributed by atoms with E-state index in [0.29, 0.717) is 11.9 Å². The Kier molecular flexibility index (Phi) is 4.42. The van der Waals surface area contributed by atoms with E-state index in [-0.39, 0.29) is 0 Å². The van der Waals surface area contributed by atoms with Gasteiger partial charge in [0.05, 0.1) is 17.2 Å². The molecule has 3 nitrogen and oxygen atoms in total. The minimum Gasteiger partial charge on any atom is -0.507 e. The summed E-state index contributed by atoms with van der Waals surface area (Å²) < 4.78 is 6.41. The molecule has 0 aromatic heterocycles. The highest BCUT2D eigenvalue weighted by Crippen LogP contribution is 2.25. The zero-order chi connectivity index (χ0) is 12.3. The Bertz CT molecular complexity index is 384. The van der Waals surface area contributed by atoms with Gasteiger partial charge in [0.25, 0.3) is 0 Å². The first-order chi connectivity index (χ1) is 8.19. The Labute approximate surface area is 111 Å². The van der Waals surface area contributed by atoms with Gasteiger partial charge in [-0.15, -0.1) is 0 Å². The number of ether oxygens (including phenoxy) is 1. The summed E-state index contributed by atoms with van der Waals surface area (Å²) in [7, 11) is 0. The zero-order valence-electron chi connectivity index (χ0n) is 10.0. The second-order valence-corrected chi connectivity index (χ2v) is 5.28. The summed E-state index contributed by atoms with van der Waals surface area (Å²) in [5.41, 5.74) is 1.21. The largest absolute Gasteiger partial charge is 0.507 e. The van der Waals surface area contributed by atoms with Crippen molar-refractivity contribution in [2.24, 2.45) is 0 Å². The number of morpholine rings is 1. The highest BCUT2D eigenvalue weighted by molar-refractivity contribution is 9.10. The van der Waals surface area contributed by atoms with E-state index in [9.17, 15) is 5.11 Å². The highest BCUT2D eigenvalue weighted by atomic mass is 79.9. The van der Waals surface area contributed by atoms with Crippen molar-refractivity contribution in [2.45, 2.75) is 26.0 Å². The molecule has 1 aromatic rings. The van der Waals surface area contributed by atoms with Crippen molar-refractivity contribution in [3.05, 3.63) is 28.2 Å². The average Bonchev–Trinajstić information content (AvgIpc) is 2.34. The van der Waals surface area contributed by atoms with Gasteiger partial charge in [-0.2, -0.15) is 0 Å². The van der Waals surface area contributed by atoms with Crippen molar-refractivity contribution >= 4 is 15.9 Å². The third-order valence-electron chi connectivity index (χ3n) is 3.10. The minimum atomic E-state index is 0.294. The second-order valence-electron chi connectivity index (χ2n) is 4.42. The normalized spacial score (nSPS) is 21.6. The van der Waals surface area contributed by atoms with Crippen LogP contribution in [0.5, 0.6) is 5.75 Å². The van der Waals surface area contributed by atoms with E-state index in [4.69, 9.17) is 4.74 Å². The fourth-order valence-electron chi connectivity index (χ4n) is 2.08. The van der Waals surface area contributed by atoms with Gasteiger partial charge in [0.15, 0.2) is 0 Å². The first kappa shape index (κ1) is 12.9. The molecule has 1 aromatic carbocycles. The van der Waals surface area contributed by atoms with Crippen molar-refractivity contribution in [3.8, 4) is 5.75 Å². The molecule has 1 aliphatic rings. The predicted molar refractivity (Wildman–Crippen MR) is 71.1 cm³/mol. The molecule has 2 rings (SSSR count). The maximum Gasteiger partial charge on any atom is 0.129 e. The molecule has 0 radical (unpaired) electrons. The van der Waals surface area contributed by atoms with Crippen LogP contribution >= 0.6 is 15.9 Å². The van der Waals surface area contributed by atoms with Crippen molar-refractivity contribution in [1.29, 1.82) is 0 Å². The quantitative estimate of drug-likeness (QED) is 0.931. The number of halogens is 1. The average molecular weight is 300 g/mol. The summed E-state index contributed by atoms with van der Waals surface area (Å²) in [4.78, 5) is 2.40. The lowest BCUT2D eigenvalue weighted by atomic mass is 10.1. The number of hydrogen-bond donors (Lipinski definition) is 1. The molecule has 0 aliphatic carbocycles. The number of nitrogens with zero attached hydrogens (tertiary/aromatic N) is 1. The molecule has 0 amide bonds. The summed E-state index contributed by atoms with van der Waals surface area (Å²) in [5.74, 6) is 0.294. The van der Waals surface area contributed by atoms with Crippen LogP contribution in [0.2, 0.25) is 0 Å². The molecular weight excluding hydrogens is 282 g/mol. The Hall–Kier alpha value is -0.580. The lowest BCUT2D eigenvalue weighted by Gasteiger charge is -2.32. The van der Waals surface area contributed by atoms with Crippen LogP contribution in [-0.2, 0) is 11.3 Å². The van der Waals surface area contributed by atoms with E-state index in [1.165, 1.54) is 5.56 Å². The zero-order valence-corrected chi connectivity index (χ0v) is 11.6. The van der Waals surface area contributed by atoms with Gasteiger partial charge in [-0.1, -0.05) is 13.0 Å². The lowest BCUT2D eigenvalue weighted by Crippen LogP contribution is -2.41. The van der Waals surface area contributed by atoms with Crippen LogP contribution in [0.3, 0.4) is 0 Å². The van der Waals surface area contributed by atoms with Gasteiger partial charge < -0.3 is 9.84 Å².